The van der Waals surface area contributed by atoms with Crippen molar-refractivity contribution in [2.75, 3.05) is 6.16 Å². The van der Waals surface area contributed by atoms with Gasteiger partial charge in [0.05, 0.1) is 6.16 Å². The molecule has 0 atom stereocenters. The van der Waals surface area contributed by atoms with Crippen LogP contribution in [0.25, 0.3) is 0 Å². The minimum absolute atomic E-state index is 0.750. The first-order valence-electron chi connectivity index (χ1n) is 10.3. The Labute approximate surface area is 171 Å². The first-order valence-corrected chi connectivity index (χ1v) is 12.3. The average Bonchev–Trinajstić information content (AvgIpc) is 2.75. The third kappa shape index (κ3) is 4.81. The molecule has 0 aromatic heterocycles. The molecule has 3 aromatic carbocycles. The number of allylic oxidation sites excluding steroid dienone is 2. The maximum absolute atomic E-state index is 2.52. The molecule has 0 N–H and O–H groups in total. The molecule has 0 saturated carbocycles. The van der Waals surface area contributed by atoms with Gasteiger partial charge in [0, 0.05) is 0 Å². The van der Waals surface area contributed by atoms with E-state index in [1.165, 1.54) is 34.3 Å². The van der Waals surface area contributed by atoms with E-state index in [2.05, 4.69) is 118 Å². The van der Waals surface area contributed by atoms with Gasteiger partial charge in [-0.15, -0.1) is 0 Å². The zero-order valence-corrected chi connectivity index (χ0v) is 18.3. The molecular formula is C27H32P+. The fraction of sp³-hybridized carbons (Fsp3) is 0.259. The zero-order valence-electron chi connectivity index (χ0n) is 17.4. The molecule has 0 aliphatic carbocycles. The quantitative estimate of drug-likeness (QED) is 0.311. The normalized spacial score (nSPS) is 12.4. The Hall–Kier alpha value is -2.17. The number of hydrogen-bond donors (Lipinski definition) is 0. The highest BCUT2D eigenvalue weighted by molar-refractivity contribution is 7.95. The van der Waals surface area contributed by atoms with Gasteiger partial charge in [0.15, 0.2) is 0 Å². The summed E-state index contributed by atoms with van der Waals surface area (Å²) in [5.41, 5.74) is 1.51. The van der Waals surface area contributed by atoms with Gasteiger partial charge in [-0.2, -0.15) is 0 Å². The summed E-state index contributed by atoms with van der Waals surface area (Å²) in [6.07, 6.45) is 6.05. The topological polar surface area (TPSA) is 0 Å². The second-order valence-corrected chi connectivity index (χ2v) is 11.5. The van der Waals surface area contributed by atoms with Crippen LogP contribution in [0.5, 0.6) is 0 Å². The molecule has 0 radical (unpaired) electrons. The Balaban J connectivity index is 2.13. The summed E-state index contributed by atoms with van der Waals surface area (Å²) in [5, 5.41) is 4.38. The third-order valence-corrected chi connectivity index (χ3v) is 9.69. The minimum Gasteiger partial charge on any atom is -0.0737 e. The van der Waals surface area contributed by atoms with Gasteiger partial charge in [0.25, 0.3) is 0 Å². The van der Waals surface area contributed by atoms with Crippen LogP contribution in [0.1, 0.15) is 33.6 Å². The standard InChI is InChI=1S/C27H32P/c1-23(2)19-20-24(3)21-22-28(25-13-7-4-8-14-25,26-15-9-5-10-16-26)27-17-11-6-12-18-27/h4-18,21,23H,19-20,22H2,1-3H3/q+1. The van der Waals surface area contributed by atoms with Crippen LogP contribution in [0.4, 0.5) is 0 Å². The highest BCUT2D eigenvalue weighted by atomic mass is 31.2. The third-order valence-electron chi connectivity index (χ3n) is 5.42. The Kier molecular flexibility index (Phi) is 7.24. The lowest BCUT2D eigenvalue weighted by Crippen LogP contribution is -2.33. The van der Waals surface area contributed by atoms with Gasteiger partial charge < -0.3 is 0 Å². The van der Waals surface area contributed by atoms with E-state index in [4.69, 9.17) is 0 Å². The van der Waals surface area contributed by atoms with Crippen LogP contribution in [0.2, 0.25) is 0 Å². The predicted molar refractivity (Wildman–Crippen MR) is 128 cm³/mol. The van der Waals surface area contributed by atoms with Crippen molar-refractivity contribution in [1.82, 2.24) is 0 Å². The largest absolute Gasteiger partial charge is 0.115 e. The van der Waals surface area contributed by atoms with E-state index in [0.29, 0.717) is 0 Å². The van der Waals surface area contributed by atoms with E-state index in [9.17, 15) is 0 Å². The molecular weight excluding hydrogens is 355 g/mol. The molecule has 0 heterocycles. The Morgan fingerprint density at radius 3 is 1.46 bits per heavy atom. The molecule has 0 aliphatic rings. The average molecular weight is 388 g/mol. The highest BCUT2D eigenvalue weighted by Gasteiger charge is 2.44. The molecule has 0 spiro atoms. The molecule has 0 nitrogen and oxygen atoms in total. The van der Waals surface area contributed by atoms with Gasteiger partial charge in [-0.3, -0.25) is 0 Å². The summed E-state index contributed by atoms with van der Waals surface area (Å²) in [4.78, 5) is 0. The van der Waals surface area contributed by atoms with Crippen molar-refractivity contribution in [1.29, 1.82) is 0 Å². The van der Waals surface area contributed by atoms with Crippen LogP contribution in [0.3, 0.4) is 0 Å². The lowest BCUT2D eigenvalue weighted by atomic mass is 10.0. The smallest absolute Gasteiger partial charge is 0.0737 e. The van der Waals surface area contributed by atoms with Crippen LogP contribution in [-0.2, 0) is 0 Å². The van der Waals surface area contributed by atoms with Gasteiger partial charge in [0.2, 0.25) is 0 Å². The summed E-state index contributed by atoms with van der Waals surface area (Å²) >= 11 is 0. The molecule has 0 unspecified atom stereocenters. The second-order valence-electron chi connectivity index (χ2n) is 7.98. The summed E-state index contributed by atoms with van der Waals surface area (Å²) in [6.45, 7) is 6.92. The zero-order chi connectivity index (χ0) is 19.8. The Bertz CT molecular complexity index is 767. The molecule has 0 amide bonds. The lowest BCUT2D eigenvalue weighted by molar-refractivity contribution is 0.584. The van der Waals surface area contributed by atoms with Crippen molar-refractivity contribution in [2.24, 2.45) is 5.92 Å². The molecule has 0 saturated heterocycles. The van der Waals surface area contributed by atoms with Crippen molar-refractivity contribution < 1.29 is 0 Å². The molecule has 1 heteroatoms. The number of benzene rings is 3. The maximum Gasteiger partial charge on any atom is 0.115 e. The summed E-state index contributed by atoms with van der Waals surface area (Å²) in [7, 11) is -1.73. The van der Waals surface area contributed by atoms with Crippen molar-refractivity contribution in [3.05, 3.63) is 103 Å². The fourth-order valence-corrected chi connectivity index (χ4v) is 7.88. The monoisotopic (exact) mass is 387 g/mol. The number of rotatable bonds is 8. The van der Waals surface area contributed by atoms with E-state index in [1.54, 1.807) is 0 Å². The second kappa shape index (κ2) is 9.85. The highest BCUT2D eigenvalue weighted by Crippen LogP contribution is 2.55. The van der Waals surface area contributed by atoms with E-state index >= 15 is 0 Å². The van der Waals surface area contributed by atoms with E-state index in [1.807, 2.05) is 0 Å². The van der Waals surface area contributed by atoms with Crippen LogP contribution in [0, 0.1) is 5.92 Å². The van der Waals surface area contributed by atoms with Crippen molar-refractivity contribution in [2.45, 2.75) is 33.6 Å². The molecule has 3 rings (SSSR count). The van der Waals surface area contributed by atoms with Gasteiger partial charge in [0.1, 0.15) is 23.2 Å². The lowest BCUT2D eigenvalue weighted by Gasteiger charge is -2.27. The van der Waals surface area contributed by atoms with Gasteiger partial charge in [-0.25, -0.2) is 0 Å². The molecule has 144 valence electrons. The summed E-state index contributed by atoms with van der Waals surface area (Å²) in [6, 6.07) is 33.4. The van der Waals surface area contributed by atoms with Crippen LogP contribution < -0.4 is 15.9 Å². The minimum atomic E-state index is -1.73. The van der Waals surface area contributed by atoms with Crippen molar-refractivity contribution in [3.63, 3.8) is 0 Å². The van der Waals surface area contributed by atoms with E-state index < -0.39 is 7.26 Å². The van der Waals surface area contributed by atoms with Crippen LogP contribution in [0.15, 0.2) is 103 Å². The molecule has 0 bridgehead atoms. The molecule has 28 heavy (non-hydrogen) atoms. The van der Waals surface area contributed by atoms with Crippen LogP contribution >= 0.6 is 7.26 Å². The first-order chi connectivity index (χ1) is 13.6. The first kappa shape index (κ1) is 20.6. The van der Waals surface area contributed by atoms with Gasteiger partial charge in [-0.05, 0) is 68.2 Å². The molecule has 3 aromatic rings. The molecule has 0 fully saturated rings. The summed E-state index contributed by atoms with van der Waals surface area (Å²) in [5.74, 6) is 0.750. The number of hydrogen-bond acceptors (Lipinski definition) is 0. The van der Waals surface area contributed by atoms with Crippen molar-refractivity contribution >= 4 is 23.2 Å². The van der Waals surface area contributed by atoms with Gasteiger partial charge >= 0.3 is 0 Å². The van der Waals surface area contributed by atoms with Crippen molar-refractivity contribution in [3.8, 4) is 0 Å². The Morgan fingerprint density at radius 2 is 1.11 bits per heavy atom. The fourth-order valence-electron chi connectivity index (χ4n) is 3.72. The SMILES string of the molecule is CC(=CC[P+](c1ccccc1)(c1ccccc1)c1ccccc1)CCC(C)C. The van der Waals surface area contributed by atoms with E-state index in [-0.39, 0.29) is 0 Å². The maximum atomic E-state index is 2.52. The van der Waals surface area contributed by atoms with Gasteiger partial charge in [-0.1, -0.05) is 74.0 Å². The van der Waals surface area contributed by atoms with Crippen LogP contribution in [-0.4, -0.2) is 6.16 Å². The van der Waals surface area contributed by atoms with E-state index in [0.717, 1.165) is 12.1 Å². The Morgan fingerprint density at radius 1 is 0.714 bits per heavy atom. The molecule has 0 aliphatic heterocycles. The summed E-state index contributed by atoms with van der Waals surface area (Å²) < 4.78 is 0. The predicted octanol–water partition coefficient (Wildman–Crippen LogP) is 6.36.